The Labute approximate surface area is 78.2 Å². The van der Waals surface area contributed by atoms with Crippen molar-refractivity contribution in [2.24, 2.45) is 5.92 Å². The minimum Gasteiger partial charge on any atom is -0.385 e. The molecule has 1 aliphatic heterocycles. The lowest BCUT2D eigenvalue weighted by molar-refractivity contribution is -0.117. The van der Waals surface area contributed by atoms with Crippen molar-refractivity contribution >= 4 is 6.29 Å². The number of methoxy groups -OCH3 is 1. The van der Waals surface area contributed by atoms with Crippen LogP contribution in [0.4, 0.5) is 0 Å². The topological polar surface area (TPSA) is 44.8 Å². The molecule has 0 aromatic rings. The molecule has 0 radical (unpaired) electrons. The van der Waals surface area contributed by atoms with Gasteiger partial charge in [0.25, 0.3) is 0 Å². The molecule has 1 rings (SSSR count). The lowest BCUT2D eigenvalue weighted by Crippen LogP contribution is -2.23. The van der Waals surface area contributed by atoms with Crippen LogP contribution in [-0.2, 0) is 19.0 Å². The van der Waals surface area contributed by atoms with Gasteiger partial charge in [-0.3, -0.25) is 0 Å². The number of hydrogen-bond donors (Lipinski definition) is 0. The zero-order valence-electron chi connectivity index (χ0n) is 7.90. The average Bonchev–Trinajstić information content (AvgIpc) is 2.65. The molecule has 0 saturated carbocycles. The van der Waals surface area contributed by atoms with Crippen molar-refractivity contribution in [3.8, 4) is 0 Å². The molecule has 0 bridgehead atoms. The van der Waals surface area contributed by atoms with Crippen molar-refractivity contribution in [2.45, 2.75) is 19.1 Å². The van der Waals surface area contributed by atoms with Crippen LogP contribution in [0.3, 0.4) is 0 Å². The van der Waals surface area contributed by atoms with E-state index in [1.807, 2.05) is 0 Å². The molecular weight excluding hydrogens is 172 g/mol. The predicted molar refractivity (Wildman–Crippen MR) is 46.4 cm³/mol. The number of carbonyl (C=O) groups is 1. The molecule has 0 aromatic heterocycles. The second kappa shape index (κ2) is 6.07. The van der Waals surface area contributed by atoms with E-state index in [0.29, 0.717) is 26.2 Å². The largest absolute Gasteiger partial charge is 0.385 e. The molecule has 1 heterocycles. The Morgan fingerprint density at radius 1 is 1.54 bits per heavy atom. The highest BCUT2D eigenvalue weighted by Gasteiger charge is 2.26. The molecule has 1 atom stereocenters. The van der Waals surface area contributed by atoms with Gasteiger partial charge in [-0.15, -0.1) is 0 Å². The standard InChI is InChI=1S/C9H16O4/c1-11-5-3-8(2-4-10)9-12-6-7-13-9/h4,8-9H,2-3,5-7H2,1H3. The van der Waals surface area contributed by atoms with Gasteiger partial charge in [0.15, 0.2) is 6.29 Å². The summed E-state index contributed by atoms with van der Waals surface area (Å²) in [6, 6.07) is 0. The molecule has 0 aromatic carbocycles. The number of rotatable bonds is 6. The molecule has 1 saturated heterocycles. The second-order valence-corrected chi connectivity index (χ2v) is 3.05. The van der Waals surface area contributed by atoms with Gasteiger partial charge in [0.1, 0.15) is 6.29 Å². The zero-order chi connectivity index (χ0) is 9.52. The average molecular weight is 188 g/mol. The van der Waals surface area contributed by atoms with E-state index in [9.17, 15) is 4.79 Å². The normalized spacial score (nSPS) is 20.4. The van der Waals surface area contributed by atoms with E-state index in [1.54, 1.807) is 7.11 Å². The fraction of sp³-hybridized carbons (Fsp3) is 0.889. The number of aldehydes is 1. The molecule has 4 heteroatoms. The first-order valence-corrected chi connectivity index (χ1v) is 4.54. The first-order valence-electron chi connectivity index (χ1n) is 4.54. The van der Waals surface area contributed by atoms with E-state index in [2.05, 4.69) is 0 Å². The molecule has 4 nitrogen and oxygen atoms in total. The number of ether oxygens (including phenoxy) is 3. The molecular formula is C9H16O4. The lowest BCUT2D eigenvalue weighted by atomic mass is 10.0. The van der Waals surface area contributed by atoms with E-state index in [0.717, 1.165) is 12.7 Å². The van der Waals surface area contributed by atoms with Gasteiger partial charge >= 0.3 is 0 Å². The molecule has 1 fully saturated rings. The fourth-order valence-corrected chi connectivity index (χ4v) is 1.41. The van der Waals surface area contributed by atoms with Gasteiger partial charge in [0.2, 0.25) is 0 Å². The Balaban J connectivity index is 2.30. The molecule has 0 aliphatic carbocycles. The summed E-state index contributed by atoms with van der Waals surface area (Å²) in [6.07, 6.45) is 1.99. The van der Waals surface area contributed by atoms with Gasteiger partial charge in [-0.2, -0.15) is 0 Å². The summed E-state index contributed by atoms with van der Waals surface area (Å²) in [5.74, 6) is 0.139. The molecule has 13 heavy (non-hydrogen) atoms. The van der Waals surface area contributed by atoms with Crippen LogP contribution < -0.4 is 0 Å². The molecule has 1 unspecified atom stereocenters. The van der Waals surface area contributed by atoms with Crippen LogP contribution in [0.15, 0.2) is 0 Å². The maximum absolute atomic E-state index is 10.4. The third kappa shape index (κ3) is 3.42. The van der Waals surface area contributed by atoms with Crippen LogP contribution in [0.1, 0.15) is 12.8 Å². The Hall–Kier alpha value is -0.450. The van der Waals surface area contributed by atoms with Crippen molar-refractivity contribution in [3.05, 3.63) is 0 Å². The maximum Gasteiger partial charge on any atom is 0.161 e. The summed E-state index contributed by atoms with van der Waals surface area (Å²) in [6.45, 7) is 1.90. The van der Waals surface area contributed by atoms with E-state index < -0.39 is 0 Å². The quantitative estimate of drug-likeness (QED) is 0.573. The molecule has 0 spiro atoms. The van der Waals surface area contributed by atoms with Gasteiger partial charge in [0.05, 0.1) is 13.2 Å². The maximum atomic E-state index is 10.4. The first-order chi connectivity index (χ1) is 6.38. The Morgan fingerprint density at radius 3 is 2.77 bits per heavy atom. The van der Waals surface area contributed by atoms with Crippen LogP contribution in [0.25, 0.3) is 0 Å². The highest BCUT2D eigenvalue weighted by Crippen LogP contribution is 2.20. The minimum atomic E-state index is -0.208. The number of carbonyl (C=O) groups excluding carboxylic acids is 1. The summed E-state index contributed by atoms with van der Waals surface area (Å²) in [5.41, 5.74) is 0. The zero-order valence-corrected chi connectivity index (χ0v) is 7.90. The van der Waals surface area contributed by atoms with Crippen molar-refractivity contribution in [3.63, 3.8) is 0 Å². The Kier molecular flexibility index (Phi) is 4.97. The van der Waals surface area contributed by atoms with Crippen LogP contribution >= 0.6 is 0 Å². The highest BCUT2D eigenvalue weighted by atomic mass is 16.7. The van der Waals surface area contributed by atoms with E-state index in [4.69, 9.17) is 14.2 Å². The van der Waals surface area contributed by atoms with Gasteiger partial charge in [-0.25, -0.2) is 0 Å². The highest BCUT2D eigenvalue weighted by molar-refractivity contribution is 5.49. The van der Waals surface area contributed by atoms with Crippen molar-refractivity contribution in [2.75, 3.05) is 26.9 Å². The van der Waals surface area contributed by atoms with Crippen molar-refractivity contribution < 1.29 is 19.0 Å². The van der Waals surface area contributed by atoms with Gasteiger partial charge in [-0.1, -0.05) is 0 Å². The summed E-state index contributed by atoms with van der Waals surface area (Å²) in [5, 5.41) is 0. The summed E-state index contributed by atoms with van der Waals surface area (Å²) >= 11 is 0. The predicted octanol–water partition coefficient (Wildman–Crippen LogP) is 0.601. The monoisotopic (exact) mass is 188 g/mol. The molecule has 76 valence electrons. The first kappa shape index (κ1) is 10.6. The molecule has 0 amide bonds. The third-order valence-electron chi connectivity index (χ3n) is 2.12. The third-order valence-corrected chi connectivity index (χ3v) is 2.12. The smallest absolute Gasteiger partial charge is 0.161 e. The summed E-state index contributed by atoms with van der Waals surface area (Å²) in [4.78, 5) is 10.4. The fourth-order valence-electron chi connectivity index (χ4n) is 1.41. The second-order valence-electron chi connectivity index (χ2n) is 3.05. The van der Waals surface area contributed by atoms with Gasteiger partial charge in [-0.05, 0) is 6.42 Å². The van der Waals surface area contributed by atoms with E-state index in [1.165, 1.54) is 0 Å². The summed E-state index contributed by atoms with van der Waals surface area (Å²) < 4.78 is 15.6. The Morgan fingerprint density at radius 2 is 2.23 bits per heavy atom. The lowest BCUT2D eigenvalue weighted by Gasteiger charge is -2.19. The molecule has 0 N–H and O–H groups in total. The SMILES string of the molecule is COCCC(CC=O)C1OCCO1. The Bertz CT molecular complexity index is 143. The van der Waals surface area contributed by atoms with Gasteiger partial charge in [0, 0.05) is 26.1 Å². The summed E-state index contributed by atoms with van der Waals surface area (Å²) in [7, 11) is 1.65. The van der Waals surface area contributed by atoms with Crippen LogP contribution in [0, 0.1) is 5.92 Å². The van der Waals surface area contributed by atoms with Crippen molar-refractivity contribution in [1.29, 1.82) is 0 Å². The molecule has 1 aliphatic rings. The van der Waals surface area contributed by atoms with Gasteiger partial charge < -0.3 is 19.0 Å². The van der Waals surface area contributed by atoms with Crippen molar-refractivity contribution in [1.82, 2.24) is 0 Å². The number of hydrogen-bond acceptors (Lipinski definition) is 4. The van der Waals surface area contributed by atoms with E-state index in [-0.39, 0.29) is 12.2 Å². The van der Waals surface area contributed by atoms with Crippen LogP contribution in [-0.4, -0.2) is 39.5 Å². The van der Waals surface area contributed by atoms with Crippen LogP contribution in [0.2, 0.25) is 0 Å². The minimum absolute atomic E-state index is 0.139. The van der Waals surface area contributed by atoms with E-state index >= 15 is 0 Å². The van der Waals surface area contributed by atoms with Crippen LogP contribution in [0.5, 0.6) is 0 Å².